The molecule has 1 nitrogen and oxygen atoms in total. The van der Waals surface area contributed by atoms with Crippen LogP contribution in [0.5, 0.6) is 0 Å². The number of hydrogen-bond acceptors (Lipinski definition) is 1. The molecule has 0 spiro atoms. The van der Waals surface area contributed by atoms with Gasteiger partial charge in [0.1, 0.15) is 0 Å². The maximum atomic E-state index is 9.19. The second-order valence-corrected chi connectivity index (χ2v) is 5.51. The highest BCUT2D eigenvalue weighted by Crippen LogP contribution is 2.36. The molecule has 1 aliphatic rings. The third-order valence-electron chi connectivity index (χ3n) is 4.35. The summed E-state index contributed by atoms with van der Waals surface area (Å²) in [6.07, 6.45) is 4.80. The maximum Gasteiger partial charge on any atom is 0.0459 e. The van der Waals surface area contributed by atoms with Crippen LogP contribution in [0.1, 0.15) is 37.2 Å². The molecule has 1 N–H and O–H groups in total. The molecule has 1 heteroatoms. The first-order valence-electron chi connectivity index (χ1n) is 6.96. The van der Waals surface area contributed by atoms with Gasteiger partial charge in [0.2, 0.25) is 0 Å². The molecule has 0 bridgehead atoms. The molecule has 0 saturated heterocycles. The molecule has 0 aromatic heterocycles. The van der Waals surface area contributed by atoms with E-state index >= 15 is 0 Å². The molecular weight excluding hydrogens is 220 g/mol. The van der Waals surface area contributed by atoms with Crippen LogP contribution in [0.25, 0.3) is 10.8 Å². The fourth-order valence-corrected chi connectivity index (χ4v) is 3.14. The monoisotopic (exact) mass is 240 g/mol. The van der Waals surface area contributed by atoms with Crippen LogP contribution in [0, 0.1) is 5.92 Å². The lowest BCUT2D eigenvalue weighted by Crippen LogP contribution is -2.16. The molecule has 18 heavy (non-hydrogen) atoms. The summed E-state index contributed by atoms with van der Waals surface area (Å²) >= 11 is 0. The molecule has 0 amide bonds. The zero-order chi connectivity index (χ0) is 12.4. The van der Waals surface area contributed by atoms with Crippen LogP contribution >= 0.6 is 0 Å². The van der Waals surface area contributed by atoms with E-state index in [1.54, 1.807) is 0 Å². The first-order chi connectivity index (χ1) is 8.86. The van der Waals surface area contributed by atoms with Gasteiger partial charge in [0.15, 0.2) is 0 Å². The molecule has 0 atom stereocenters. The minimum atomic E-state index is 0.366. The standard InChI is InChI=1S/C17H20O/c18-12-13-5-7-15(8-6-13)17-10-9-14-3-1-2-4-16(14)11-17/h1-4,9-11,13,15,18H,5-8,12H2. The number of fused-ring (bicyclic) bond motifs is 1. The van der Waals surface area contributed by atoms with Crippen molar-refractivity contribution in [2.24, 2.45) is 5.92 Å². The highest BCUT2D eigenvalue weighted by atomic mass is 16.3. The Bertz CT molecular complexity index is 524. The molecule has 0 heterocycles. The SMILES string of the molecule is OCC1CCC(c2ccc3ccccc3c2)CC1. The summed E-state index contributed by atoms with van der Waals surface area (Å²) < 4.78 is 0. The molecule has 0 unspecified atom stereocenters. The normalized spacial score (nSPS) is 24.3. The van der Waals surface area contributed by atoms with E-state index in [1.165, 1.54) is 42.0 Å². The molecule has 94 valence electrons. The zero-order valence-corrected chi connectivity index (χ0v) is 10.7. The summed E-state index contributed by atoms with van der Waals surface area (Å²) in [5.41, 5.74) is 1.48. The number of rotatable bonds is 2. The van der Waals surface area contributed by atoms with Gasteiger partial charge in [-0.25, -0.2) is 0 Å². The third kappa shape index (κ3) is 2.28. The number of benzene rings is 2. The first-order valence-corrected chi connectivity index (χ1v) is 6.96. The Morgan fingerprint density at radius 2 is 1.61 bits per heavy atom. The van der Waals surface area contributed by atoms with E-state index in [0.717, 1.165) is 0 Å². The molecule has 2 aromatic rings. The summed E-state index contributed by atoms with van der Waals surface area (Å²) in [6, 6.07) is 15.4. The van der Waals surface area contributed by atoms with Crippen LogP contribution < -0.4 is 0 Å². The Morgan fingerprint density at radius 3 is 2.33 bits per heavy atom. The van der Waals surface area contributed by atoms with Crippen molar-refractivity contribution in [2.45, 2.75) is 31.6 Å². The number of aliphatic hydroxyl groups excluding tert-OH is 1. The van der Waals surface area contributed by atoms with Crippen molar-refractivity contribution in [1.82, 2.24) is 0 Å². The first kappa shape index (κ1) is 11.7. The predicted molar refractivity (Wildman–Crippen MR) is 75.7 cm³/mol. The van der Waals surface area contributed by atoms with E-state index < -0.39 is 0 Å². The van der Waals surface area contributed by atoms with Crippen molar-refractivity contribution in [3.63, 3.8) is 0 Å². The molecule has 0 aliphatic heterocycles. The van der Waals surface area contributed by atoms with Crippen molar-refractivity contribution >= 4 is 10.8 Å². The maximum absolute atomic E-state index is 9.19. The van der Waals surface area contributed by atoms with Gasteiger partial charge >= 0.3 is 0 Å². The van der Waals surface area contributed by atoms with Crippen LogP contribution in [0.3, 0.4) is 0 Å². The smallest absolute Gasteiger partial charge is 0.0459 e. The molecule has 0 radical (unpaired) electrons. The van der Waals surface area contributed by atoms with Gasteiger partial charge in [-0.15, -0.1) is 0 Å². The van der Waals surface area contributed by atoms with Gasteiger partial charge in [0.25, 0.3) is 0 Å². The fourth-order valence-electron chi connectivity index (χ4n) is 3.14. The third-order valence-corrected chi connectivity index (χ3v) is 4.35. The number of aliphatic hydroxyl groups is 1. The molecule has 1 aliphatic carbocycles. The summed E-state index contributed by atoms with van der Waals surface area (Å²) in [7, 11) is 0. The molecular formula is C17H20O. The summed E-state index contributed by atoms with van der Waals surface area (Å²) in [6.45, 7) is 0.366. The van der Waals surface area contributed by atoms with Gasteiger partial charge in [0.05, 0.1) is 0 Å². The van der Waals surface area contributed by atoms with E-state index in [9.17, 15) is 5.11 Å². The van der Waals surface area contributed by atoms with Gasteiger partial charge in [-0.1, -0.05) is 42.5 Å². The Morgan fingerprint density at radius 1 is 0.889 bits per heavy atom. The molecule has 3 rings (SSSR count). The molecule has 1 saturated carbocycles. The van der Waals surface area contributed by atoms with E-state index in [2.05, 4.69) is 42.5 Å². The van der Waals surface area contributed by atoms with Gasteiger partial charge in [-0.05, 0) is 53.9 Å². The summed E-state index contributed by atoms with van der Waals surface area (Å²) in [5.74, 6) is 1.24. The second kappa shape index (κ2) is 5.11. The van der Waals surface area contributed by atoms with Crippen molar-refractivity contribution in [2.75, 3.05) is 6.61 Å². The highest BCUT2D eigenvalue weighted by molar-refractivity contribution is 5.83. The zero-order valence-electron chi connectivity index (χ0n) is 10.7. The van der Waals surface area contributed by atoms with Gasteiger partial charge in [-0.2, -0.15) is 0 Å². The van der Waals surface area contributed by atoms with Gasteiger partial charge in [-0.3, -0.25) is 0 Å². The van der Waals surface area contributed by atoms with Gasteiger partial charge < -0.3 is 5.11 Å². The lowest BCUT2D eigenvalue weighted by molar-refractivity contribution is 0.182. The van der Waals surface area contributed by atoms with Crippen LogP contribution in [0.15, 0.2) is 42.5 Å². The van der Waals surface area contributed by atoms with Crippen LogP contribution in [0.4, 0.5) is 0 Å². The quantitative estimate of drug-likeness (QED) is 0.837. The Labute approximate surface area is 108 Å². The highest BCUT2D eigenvalue weighted by Gasteiger charge is 2.21. The van der Waals surface area contributed by atoms with E-state index in [1.807, 2.05) is 0 Å². The fraction of sp³-hybridized carbons (Fsp3) is 0.412. The molecule has 1 fully saturated rings. The van der Waals surface area contributed by atoms with Crippen molar-refractivity contribution in [3.8, 4) is 0 Å². The molecule has 2 aromatic carbocycles. The van der Waals surface area contributed by atoms with Crippen molar-refractivity contribution < 1.29 is 5.11 Å². The Balaban J connectivity index is 1.82. The summed E-state index contributed by atoms with van der Waals surface area (Å²) in [4.78, 5) is 0. The summed E-state index contributed by atoms with van der Waals surface area (Å²) in [5, 5.41) is 11.9. The van der Waals surface area contributed by atoms with Crippen LogP contribution in [-0.2, 0) is 0 Å². The Kier molecular flexibility index (Phi) is 3.33. The van der Waals surface area contributed by atoms with Crippen LogP contribution in [-0.4, -0.2) is 11.7 Å². The number of hydrogen-bond donors (Lipinski definition) is 1. The van der Waals surface area contributed by atoms with E-state index in [-0.39, 0.29) is 0 Å². The van der Waals surface area contributed by atoms with Crippen molar-refractivity contribution in [1.29, 1.82) is 0 Å². The Hall–Kier alpha value is -1.34. The van der Waals surface area contributed by atoms with E-state index in [0.29, 0.717) is 18.4 Å². The average molecular weight is 240 g/mol. The lowest BCUT2D eigenvalue weighted by Gasteiger charge is -2.27. The minimum Gasteiger partial charge on any atom is -0.396 e. The van der Waals surface area contributed by atoms with Crippen molar-refractivity contribution in [3.05, 3.63) is 48.0 Å². The van der Waals surface area contributed by atoms with Crippen LogP contribution in [0.2, 0.25) is 0 Å². The topological polar surface area (TPSA) is 20.2 Å². The predicted octanol–water partition coefficient (Wildman–Crippen LogP) is 4.11. The lowest BCUT2D eigenvalue weighted by atomic mass is 9.79. The van der Waals surface area contributed by atoms with E-state index in [4.69, 9.17) is 0 Å². The second-order valence-electron chi connectivity index (χ2n) is 5.51. The average Bonchev–Trinajstić information content (AvgIpc) is 2.47. The largest absolute Gasteiger partial charge is 0.396 e. The van der Waals surface area contributed by atoms with Gasteiger partial charge in [0, 0.05) is 6.61 Å². The minimum absolute atomic E-state index is 0.366.